The van der Waals surface area contributed by atoms with Gasteiger partial charge in [0, 0.05) is 24.1 Å². The van der Waals surface area contributed by atoms with Crippen LogP contribution >= 0.6 is 11.6 Å². The summed E-state index contributed by atoms with van der Waals surface area (Å²) >= 11 is 6.14. The molecule has 0 atom stereocenters. The van der Waals surface area contributed by atoms with E-state index in [4.69, 9.17) is 16.3 Å². The molecule has 2 N–H and O–H groups in total. The Morgan fingerprint density at radius 1 is 1.03 bits per heavy atom. The Bertz CT molecular complexity index is 1150. The molecule has 9 heteroatoms. The number of benzene rings is 2. The largest absolute Gasteiger partial charge is 0.438 e. The quantitative estimate of drug-likeness (QED) is 0.470. The Hall–Kier alpha value is -3.91. The van der Waals surface area contributed by atoms with Crippen LogP contribution in [0.4, 0.5) is 16.2 Å². The highest BCUT2D eigenvalue weighted by Gasteiger charge is 2.07. The van der Waals surface area contributed by atoms with Gasteiger partial charge in [-0.1, -0.05) is 17.7 Å². The lowest BCUT2D eigenvalue weighted by Crippen LogP contribution is -2.19. The molecule has 0 unspecified atom stereocenters. The molecular formula is C21H17ClN6O2. The molecule has 0 saturated carbocycles. The van der Waals surface area contributed by atoms with Crippen LogP contribution in [0.2, 0.25) is 5.02 Å². The average Bonchev–Trinajstić information content (AvgIpc) is 3.27. The number of rotatable bonds is 5. The van der Waals surface area contributed by atoms with Crippen molar-refractivity contribution < 1.29 is 9.53 Å². The zero-order valence-corrected chi connectivity index (χ0v) is 16.7. The van der Waals surface area contributed by atoms with Crippen molar-refractivity contribution in [2.24, 2.45) is 0 Å². The van der Waals surface area contributed by atoms with Crippen molar-refractivity contribution in [2.75, 3.05) is 10.6 Å². The van der Waals surface area contributed by atoms with Crippen LogP contribution < -0.4 is 15.4 Å². The Morgan fingerprint density at radius 3 is 2.53 bits per heavy atom. The zero-order valence-electron chi connectivity index (χ0n) is 15.9. The first-order valence-corrected chi connectivity index (χ1v) is 9.39. The van der Waals surface area contributed by atoms with Gasteiger partial charge in [-0.25, -0.2) is 9.78 Å². The number of imidazole rings is 1. The number of ether oxygens (including phenoxy) is 1. The van der Waals surface area contributed by atoms with E-state index in [1.54, 1.807) is 71.8 Å². The van der Waals surface area contributed by atoms with Crippen molar-refractivity contribution in [3.8, 4) is 17.4 Å². The van der Waals surface area contributed by atoms with Crippen LogP contribution in [0.1, 0.15) is 5.56 Å². The standard InChI is InChI=1S/C21H17ClN6O2/c1-14-2-7-18(17(22)12-14)25-21(29)24-15-3-5-16(6-4-15)30-20-9-8-19(26-27-20)28-11-10-23-13-28/h2-13H,1H3,(H2,24,25,29). The lowest BCUT2D eigenvalue weighted by atomic mass is 10.2. The second kappa shape index (κ2) is 8.62. The monoisotopic (exact) mass is 420 g/mol. The predicted molar refractivity (Wildman–Crippen MR) is 115 cm³/mol. The molecular weight excluding hydrogens is 404 g/mol. The fourth-order valence-corrected chi connectivity index (χ4v) is 2.92. The van der Waals surface area contributed by atoms with E-state index in [2.05, 4.69) is 25.8 Å². The average molecular weight is 421 g/mol. The summed E-state index contributed by atoms with van der Waals surface area (Å²) in [5, 5.41) is 14.1. The molecule has 4 aromatic rings. The molecule has 8 nitrogen and oxygen atoms in total. The summed E-state index contributed by atoms with van der Waals surface area (Å²) in [4.78, 5) is 16.2. The van der Waals surface area contributed by atoms with E-state index in [9.17, 15) is 4.79 Å². The van der Waals surface area contributed by atoms with Crippen LogP contribution in [0.15, 0.2) is 73.3 Å². The predicted octanol–water partition coefficient (Wildman–Crippen LogP) is 5.06. The lowest BCUT2D eigenvalue weighted by Gasteiger charge is -2.10. The number of carbonyl (C=O) groups excluding carboxylic acids is 1. The summed E-state index contributed by atoms with van der Waals surface area (Å²) in [6.45, 7) is 1.93. The molecule has 30 heavy (non-hydrogen) atoms. The Balaban J connectivity index is 1.35. The number of halogens is 1. The lowest BCUT2D eigenvalue weighted by molar-refractivity contribution is 0.262. The number of carbonyl (C=O) groups is 1. The first-order chi connectivity index (χ1) is 14.6. The number of aryl methyl sites for hydroxylation is 1. The Labute approximate surface area is 177 Å². The fourth-order valence-electron chi connectivity index (χ4n) is 2.63. The third-order valence-corrected chi connectivity index (χ3v) is 4.42. The second-order valence-corrected chi connectivity index (χ2v) is 6.80. The summed E-state index contributed by atoms with van der Waals surface area (Å²) in [6, 6.07) is 15.4. The van der Waals surface area contributed by atoms with Gasteiger partial charge in [0.25, 0.3) is 0 Å². The molecule has 0 aliphatic carbocycles. The van der Waals surface area contributed by atoms with Crippen molar-refractivity contribution in [3.63, 3.8) is 0 Å². The van der Waals surface area contributed by atoms with Crippen molar-refractivity contribution in [1.82, 2.24) is 19.7 Å². The number of amides is 2. The van der Waals surface area contributed by atoms with Gasteiger partial charge < -0.3 is 15.4 Å². The maximum atomic E-state index is 12.2. The number of hydrogen-bond donors (Lipinski definition) is 2. The van der Waals surface area contributed by atoms with Crippen LogP contribution in [-0.2, 0) is 0 Å². The summed E-state index contributed by atoms with van der Waals surface area (Å²) in [7, 11) is 0. The molecule has 150 valence electrons. The number of hydrogen-bond acceptors (Lipinski definition) is 5. The number of nitrogens with zero attached hydrogens (tertiary/aromatic N) is 4. The van der Waals surface area contributed by atoms with Gasteiger partial charge in [0.1, 0.15) is 12.1 Å². The van der Waals surface area contributed by atoms with Gasteiger partial charge in [0.05, 0.1) is 10.7 Å². The Kier molecular flexibility index (Phi) is 5.58. The van der Waals surface area contributed by atoms with Crippen LogP contribution in [0, 0.1) is 6.92 Å². The molecule has 2 aromatic heterocycles. The number of urea groups is 1. The minimum absolute atomic E-state index is 0.353. The fraction of sp³-hybridized carbons (Fsp3) is 0.0476. The van der Waals surface area contributed by atoms with E-state index in [-0.39, 0.29) is 0 Å². The molecule has 0 spiro atoms. The maximum absolute atomic E-state index is 12.2. The Morgan fingerprint density at radius 2 is 1.87 bits per heavy atom. The van der Waals surface area contributed by atoms with Gasteiger partial charge in [0.15, 0.2) is 5.82 Å². The van der Waals surface area contributed by atoms with Crippen molar-refractivity contribution in [1.29, 1.82) is 0 Å². The van der Waals surface area contributed by atoms with Gasteiger partial charge in [0.2, 0.25) is 5.88 Å². The highest BCUT2D eigenvalue weighted by Crippen LogP contribution is 2.24. The van der Waals surface area contributed by atoms with Crippen LogP contribution in [-0.4, -0.2) is 25.8 Å². The van der Waals surface area contributed by atoms with Crippen molar-refractivity contribution >= 4 is 29.0 Å². The third-order valence-electron chi connectivity index (χ3n) is 4.10. The van der Waals surface area contributed by atoms with E-state index in [1.165, 1.54) is 0 Å². The molecule has 2 amide bonds. The van der Waals surface area contributed by atoms with Gasteiger partial charge in [-0.3, -0.25) is 4.57 Å². The molecule has 2 heterocycles. The van der Waals surface area contributed by atoms with Crippen molar-refractivity contribution in [3.05, 3.63) is 83.9 Å². The highest BCUT2D eigenvalue weighted by atomic mass is 35.5. The molecule has 0 saturated heterocycles. The topological polar surface area (TPSA) is 94.0 Å². The number of aromatic nitrogens is 4. The minimum atomic E-state index is -0.393. The van der Waals surface area contributed by atoms with Crippen molar-refractivity contribution in [2.45, 2.75) is 6.92 Å². The summed E-state index contributed by atoms with van der Waals surface area (Å²) in [6.07, 6.45) is 5.08. The highest BCUT2D eigenvalue weighted by molar-refractivity contribution is 6.33. The van der Waals surface area contributed by atoms with E-state index in [1.807, 2.05) is 13.0 Å². The minimum Gasteiger partial charge on any atom is -0.438 e. The third kappa shape index (κ3) is 4.73. The second-order valence-electron chi connectivity index (χ2n) is 6.39. The normalized spacial score (nSPS) is 10.5. The van der Waals surface area contributed by atoms with E-state index in [0.717, 1.165) is 5.56 Å². The summed E-state index contributed by atoms with van der Waals surface area (Å²) in [5.74, 6) is 1.55. The van der Waals surface area contributed by atoms with E-state index in [0.29, 0.717) is 33.8 Å². The summed E-state index contributed by atoms with van der Waals surface area (Å²) in [5.41, 5.74) is 2.16. The van der Waals surface area contributed by atoms with Gasteiger partial charge in [-0.2, -0.15) is 0 Å². The summed E-state index contributed by atoms with van der Waals surface area (Å²) < 4.78 is 7.43. The number of nitrogens with one attached hydrogen (secondary N) is 2. The van der Waals surface area contributed by atoms with E-state index >= 15 is 0 Å². The van der Waals surface area contributed by atoms with Gasteiger partial charge in [-0.15, -0.1) is 10.2 Å². The van der Waals surface area contributed by atoms with Crippen LogP contribution in [0.3, 0.4) is 0 Å². The van der Waals surface area contributed by atoms with Gasteiger partial charge >= 0.3 is 6.03 Å². The zero-order chi connectivity index (χ0) is 20.9. The van der Waals surface area contributed by atoms with Crippen LogP contribution in [0.25, 0.3) is 5.82 Å². The molecule has 0 fully saturated rings. The van der Waals surface area contributed by atoms with Crippen LogP contribution in [0.5, 0.6) is 11.6 Å². The molecule has 4 rings (SSSR count). The molecule has 0 bridgehead atoms. The van der Waals surface area contributed by atoms with Gasteiger partial charge in [-0.05, 0) is 55.0 Å². The molecule has 0 aliphatic rings. The van der Waals surface area contributed by atoms with E-state index < -0.39 is 6.03 Å². The molecule has 0 aliphatic heterocycles. The smallest absolute Gasteiger partial charge is 0.323 e. The SMILES string of the molecule is Cc1ccc(NC(=O)Nc2ccc(Oc3ccc(-n4ccnc4)nn3)cc2)c(Cl)c1. The molecule has 2 aromatic carbocycles. The molecule has 0 radical (unpaired) electrons. The maximum Gasteiger partial charge on any atom is 0.323 e. The first kappa shape index (κ1) is 19.4. The first-order valence-electron chi connectivity index (χ1n) is 9.01. The number of anilines is 2.